The van der Waals surface area contributed by atoms with E-state index in [1.165, 1.54) is 0 Å². The third-order valence-electron chi connectivity index (χ3n) is 1.23. The smallest absolute Gasteiger partial charge is 0.137 e. The Bertz CT molecular complexity index is 197. The van der Waals surface area contributed by atoms with Gasteiger partial charge >= 0.3 is 0 Å². The molecule has 1 aromatic heterocycles. The molecule has 56 valence electrons. The van der Waals surface area contributed by atoms with Crippen molar-refractivity contribution in [1.82, 2.24) is 5.16 Å². The van der Waals surface area contributed by atoms with Gasteiger partial charge in [0.25, 0.3) is 0 Å². The van der Waals surface area contributed by atoms with Gasteiger partial charge in [0.15, 0.2) is 0 Å². The zero-order chi connectivity index (χ0) is 7.40. The molecule has 0 bridgehead atoms. The monoisotopic (exact) mass is 159 g/mol. The molecule has 0 spiro atoms. The first-order chi connectivity index (χ1) is 4.83. The van der Waals surface area contributed by atoms with E-state index in [1.54, 1.807) is 0 Å². The summed E-state index contributed by atoms with van der Waals surface area (Å²) in [7, 11) is 0. The number of halogens is 1. The van der Waals surface area contributed by atoms with Crippen LogP contribution in [0.25, 0.3) is 0 Å². The Hall–Kier alpha value is -0.500. The fourth-order valence-electron chi connectivity index (χ4n) is 0.775. The number of aromatic nitrogens is 1. The molecule has 0 N–H and O–H groups in total. The van der Waals surface area contributed by atoms with Crippen molar-refractivity contribution in [3.8, 4) is 0 Å². The molecule has 2 nitrogen and oxygen atoms in total. The third-order valence-corrected chi connectivity index (χ3v) is 1.50. The number of rotatable bonds is 3. The van der Waals surface area contributed by atoms with E-state index < -0.39 is 0 Å². The number of alkyl halides is 1. The molecule has 3 heteroatoms. The van der Waals surface area contributed by atoms with Crippen molar-refractivity contribution in [1.29, 1.82) is 0 Å². The molecule has 0 saturated heterocycles. The molecule has 0 aliphatic rings. The van der Waals surface area contributed by atoms with Gasteiger partial charge in [0.1, 0.15) is 5.76 Å². The van der Waals surface area contributed by atoms with Crippen molar-refractivity contribution in [2.75, 3.05) is 5.88 Å². The van der Waals surface area contributed by atoms with Crippen LogP contribution in [0.1, 0.15) is 17.9 Å². The Morgan fingerprint density at radius 3 is 3.00 bits per heavy atom. The van der Waals surface area contributed by atoms with Crippen LogP contribution in [0.4, 0.5) is 0 Å². The van der Waals surface area contributed by atoms with E-state index >= 15 is 0 Å². The molecule has 0 atom stereocenters. The van der Waals surface area contributed by atoms with Gasteiger partial charge in [-0.1, -0.05) is 5.16 Å². The van der Waals surface area contributed by atoms with Gasteiger partial charge in [-0.05, 0) is 13.3 Å². The molecule has 1 aromatic rings. The van der Waals surface area contributed by atoms with Crippen molar-refractivity contribution in [3.05, 3.63) is 17.5 Å². The van der Waals surface area contributed by atoms with Crippen LogP contribution in [0.5, 0.6) is 0 Å². The maximum atomic E-state index is 5.50. The van der Waals surface area contributed by atoms with Crippen molar-refractivity contribution >= 4 is 11.6 Å². The first-order valence-corrected chi connectivity index (χ1v) is 3.84. The molecule has 0 radical (unpaired) electrons. The molecule has 0 unspecified atom stereocenters. The molecule has 1 heterocycles. The largest absolute Gasteiger partial charge is 0.361 e. The van der Waals surface area contributed by atoms with E-state index in [4.69, 9.17) is 16.1 Å². The number of aryl methyl sites for hydroxylation is 2. The second kappa shape index (κ2) is 3.62. The predicted octanol–water partition coefficient (Wildman–Crippen LogP) is 2.15. The molecule has 0 saturated carbocycles. The summed E-state index contributed by atoms with van der Waals surface area (Å²) in [6, 6.07) is 1.94. The molecule has 0 fully saturated rings. The molecule has 0 amide bonds. The summed E-state index contributed by atoms with van der Waals surface area (Å²) in [6.07, 6.45) is 1.85. The summed E-state index contributed by atoms with van der Waals surface area (Å²) in [5.74, 6) is 1.61. The number of hydrogen-bond donors (Lipinski definition) is 0. The summed E-state index contributed by atoms with van der Waals surface area (Å²) in [5, 5.41) is 3.75. The van der Waals surface area contributed by atoms with Crippen molar-refractivity contribution in [3.63, 3.8) is 0 Å². The Morgan fingerprint density at radius 2 is 2.50 bits per heavy atom. The summed E-state index contributed by atoms with van der Waals surface area (Å²) >= 11 is 5.50. The minimum atomic E-state index is 0.680. The van der Waals surface area contributed by atoms with Crippen LogP contribution in [-0.2, 0) is 6.42 Å². The van der Waals surface area contributed by atoms with Gasteiger partial charge in [0, 0.05) is 18.4 Å². The third kappa shape index (κ3) is 2.03. The van der Waals surface area contributed by atoms with E-state index in [1.807, 2.05) is 13.0 Å². The minimum absolute atomic E-state index is 0.680. The van der Waals surface area contributed by atoms with E-state index in [0.717, 1.165) is 24.3 Å². The molecule has 1 rings (SSSR count). The fraction of sp³-hybridized carbons (Fsp3) is 0.571. The second-order valence-corrected chi connectivity index (χ2v) is 2.61. The Kier molecular flexibility index (Phi) is 2.75. The lowest BCUT2D eigenvalue weighted by molar-refractivity contribution is 0.379. The Balaban J connectivity index is 2.42. The minimum Gasteiger partial charge on any atom is -0.361 e. The van der Waals surface area contributed by atoms with Gasteiger partial charge < -0.3 is 4.52 Å². The highest BCUT2D eigenvalue weighted by molar-refractivity contribution is 6.17. The highest BCUT2D eigenvalue weighted by Crippen LogP contribution is 2.05. The highest BCUT2D eigenvalue weighted by Gasteiger charge is 1.98. The molecular weight excluding hydrogens is 150 g/mol. The highest BCUT2D eigenvalue weighted by atomic mass is 35.5. The van der Waals surface area contributed by atoms with Crippen LogP contribution in [0.15, 0.2) is 10.6 Å². The SMILES string of the molecule is Cc1cc(CCCCl)on1. The van der Waals surface area contributed by atoms with Gasteiger partial charge in [-0.25, -0.2) is 0 Å². The van der Waals surface area contributed by atoms with E-state index in [2.05, 4.69) is 5.16 Å². The van der Waals surface area contributed by atoms with Gasteiger partial charge in [0.05, 0.1) is 5.69 Å². The summed E-state index contributed by atoms with van der Waals surface area (Å²) in [5.41, 5.74) is 0.935. The van der Waals surface area contributed by atoms with Crippen LogP contribution in [0.2, 0.25) is 0 Å². The van der Waals surface area contributed by atoms with Crippen LogP contribution < -0.4 is 0 Å². The average Bonchev–Trinajstić information content (AvgIpc) is 2.31. The lowest BCUT2D eigenvalue weighted by Crippen LogP contribution is -1.81. The van der Waals surface area contributed by atoms with Crippen LogP contribution in [-0.4, -0.2) is 11.0 Å². The van der Waals surface area contributed by atoms with Gasteiger partial charge in [-0.2, -0.15) is 0 Å². The fourth-order valence-corrected chi connectivity index (χ4v) is 0.909. The molecule has 0 aliphatic heterocycles. The van der Waals surface area contributed by atoms with Crippen molar-refractivity contribution in [2.24, 2.45) is 0 Å². The first-order valence-electron chi connectivity index (χ1n) is 3.31. The van der Waals surface area contributed by atoms with Crippen LogP contribution in [0, 0.1) is 6.92 Å². The lowest BCUT2D eigenvalue weighted by Gasteiger charge is -1.87. The maximum Gasteiger partial charge on any atom is 0.137 e. The lowest BCUT2D eigenvalue weighted by atomic mass is 10.2. The van der Waals surface area contributed by atoms with Crippen molar-refractivity contribution < 1.29 is 4.52 Å². The van der Waals surface area contributed by atoms with Crippen LogP contribution in [0.3, 0.4) is 0 Å². The van der Waals surface area contributed by atoms with E-state index in [0.29, 0.717) is 5.88 Å². The van der Waals surface area contributed by atoms with E-state index in [-0.39, 0.29) is 0 Å². The standard InChI is InChI=1S/C7H10ClNO/c1-6-5-7(10-9-6)3-2-4-8/h5H,2-4H2,1H3. The zero-order valence-electron chi connectivity index (χ0n) is 5.93. The van der Waals surface area contributed by atoms with Crippen LogP contribution >= 0.6 is 11.6 Å². The van der Waals surface area contributed by atoms with Gasteiger partial charge in [0.2, 0.25) is 0 Å². The molecular formula is C7H10ClNO. The maximum absolute atomic E-state index is 5.50. The average molecular weight is 160 g/mol. The zero-order valence-corrected chi connectivity index (χ0v) is 6.69. The number of nitrogens with zero attached hydrogens (tertiary/aromatic N) is 1. The predicted molar refractivity (Wildman–Crippen MR) is 40.3 cm³/mol. The molecule has 0 aromatic carbocycles. The molecule has 0 aliphatic carbocycles. The quantitative estimate of drug-likeness (QED) is 0.632. The summed E-state index contributed by atoms with van der Waals surface area (Å²) in [4.78, 5) is 0. The number of hydrogen-bond acceptors (Lipinski definition) is 2. The Morgan fingerprint density at radius 1 is 1.70 bits per heavy atom. The topological polar surface area (TPSA) is 26.0 Å². The normalized spacial score (nSPS) is 10.2. The summed E-state index contributed by atoms with van der Waals surface area (Å²) < 4.78 is 4.96. The Labute approximate surface area is 65.2 Å². The second-order valence-electron chi connectivity index (χ2n) is 2.23. The van der Waals surface area contributed by atoms with Gasteiger partial charge in [-0.3, -0.25) is 0 Å². The van der Waals surface area contributed by atoms with E-state index in [9.17, 15) is 0 Å². The van der Waals surface area contributed by atoms with Crippen molar-refractivity contribution in [2.45, 2.75) is 19.8 Å². The molecule has 10 heavy (non-hydrogen) atoms. The van der Waals surface area contributed by atoms with Gasteiger partial charge in [-0.15, -0.1) is 11.6 Å². The summed E-state index contributed by atoms with van der Waals surface area (Å²) in [6.45, 7) is 1.91. The first kappa shape index (κ1) is 7.61.